The molecule has 1 atom stereocenters. The molecule has 1 aliphatic rings. The fraction of sp³-hybridized carbons (Fsp3) is 0.294. The third-order valence-corrected chi connectivity index (χ3v) is 4.91. The molecule has 128 valence electrons. The van der Waals surface area contributed by atoms with Crippen molar-refractivity contribution in [2.75, 3.05) is 32.0 Å². The van der Waals surface area contributed by atoms with Crippen molar-refractivity contribution in [2.24, 2.45) is 0 Å². The Bertz CT molecular complexity index is 787. The van der Waals surface area contributed by atoms with Gasteiger partial charge in [0.2, 0.25) is 5.91 Å². The Hall–Kier alpha value is -2.63. The first kappa shape index (κ1) is 17.2. The Balaban J connectivity index is 1.87. The average Bonchev–Trinajstić information content (AvgIpc) is 2.67. The predicted molar refractivity (Wildman–Crippen MR) is 93.6 cm³/mol. The van der Waals surface area contributed by atoms with Gasteiger partial charge in [-0.15, -0.1) is 0 Å². The Labute approximate surface area is 149 Å². The van der Waals surface area contributed by atoms with Gasteiger partial charge in [-0.1, -0.05) is 42.1 Å². The molecule has 7 nitrogen and oxygen atoms in total. The summed E-state index contributed by atoms with van der Waals surface area (Å²) in [6.07, 6.45) is 1.38. The number of nitrogens with two attached hydrogens (primary N) is 1. The maximum atomic E-state index is 13.0. The second kappa shape index (κ2) is 7.96. The van der Waals surface area contributed by atoms with E-state index in [2.05, 4.69) is 9.97 Å². The molecule has 0 radical (unpaired) electrons. The molecule has 2 aromatic rings. The van der Waals surface area contributed by atoms with Crippen molar-refractivity contribution in [1.29, 1.82) is 5.26 Å². The van der Waals surface area contributed by atoms with Crippen molar-refractivity contribution in [3.8, 4) is 6.07 Å². The summed E-state index contributed by atoms with van der Waals surface area (Å²) in [5.41, 5.74) is 6.86. The number of carbonyl (C=O) groups is 1. The van der Waals surface area contributed by atoms with Gasteiger partial charge in [-0.25, -0.2) is 9.97 Å². The number of ether oxygens (including phenoxy) is 1. The summed E-state index contributed by atoms with van der Waals surface area (Å²) in [6, 6.07) is 11.4. The van der Waals surface area contributed by atoms with Gasteiger partial charge in [-0.05, 0) is 5.56 Å². The number of nitrogens with zero attached hydrogens (tertiary/aromatic N) is 4. The van der Waals surface area contributed by atoms with Gasteiger partial charge >= 0.3 is 0 Å². The summed E-state index contributed by atoms with van der Waals surface area (Å²) in [6.45, 7) is 2.22. The minimum Gasteiger partial charge on any atom is -0.382 e. The Kier molecular flexibility index (Phi) is 5.48. The van der Waals surface area contributed by atoms with Crippen molar-refractivity contribution in [2.45, 2.75) is 10.4 Å². The van der Waals surface area contributed by atoms with Crippen LogP contribution < -0.4 is 5.73 Å². The van der Waals surface area contributed by atoms with E-state index in [1.165, 1.54) is 18.0 Å². The van der Waals surface area contributed by atoms with E-state index in [9.17, 15) is 4.79 Å². The van der Waals surface area contributed by atoms with Gasteiger partial charge in [0.25, 0.3) is 0 Å². The van der Waals surface area contributed by atoms with Gasteiger partial charge in [-0.3, -0.25) is 4.79 Å². The summed E-state index contributed by atoms with van der Waals surface area (Å²) >= 11 is 1.23. The van der Waals surface area contributed by atoms with Crippen LogP contribution in [0, 0.1) is 11.3 Å². The smallest absolute Gasteiger partial charge is 0.240 e. The van der Waals surface area contributed by atoms with E-state index in [4.69, 9.17) is 15.7 Å². The largest absolute Gasteiger partial charge is 0.382 e. The van der Waals surface area contributed by atoms with Crippen LogP contribution in [0.4, 0.5) is 5.82 Å². The van der Waals surface area contributed by atoms with Crippen LogP contribution in [0.15, 0.2) is 41.7 Å². The molecule has 8 heteroatoms. The molecule has 3 rings (SSSR count). The van der Waals surface area contributed by atoms with Gasteiger partial charge in [0, 0.05) is 13.1 Å². The zero-order chi connectivity index (χ0) is 17.6. The van der Waals surface area contributed by atoms with Crippen LogP contribution >= 0.6 is 11.8 Å². The summed E-state index contributed by atoms with van der Waals surface area (Å²) in [7, 11) is 0. The molecular formula is C17H17N5O2S. The molecule has 1 aromatic carbocycles. The van der Waals surface area contributed by atoms with Gasteiger partial charge in [0.1, 0.15) is 22.7 Å². The number of anilines is 1. The summed E-state index contributed by atoms with van der Waals surface area (Å²) in [4.78, 5) is 23.1. The molecule has 1 fully saturated rings. The summed E-state index contributed by atoms with van der Waals surface area (Å²) < 4.78 is 5.32. The van der Waals surface area contributed by atoms with Gasteiger partial charge in [0.15, 0.2) is 5.16 Å². The van der Waals surface area contributed by atoms with Crippen molar-refractivity contribution in [3.63, 3.8) is 0 Å². The molecular weight excluding hydrogens is 338 g/mol. The fourth-order valence-electron chi connectivity index (χ4n) is 2.46. The van der Waals surface area contributed by atoms with Crippen LogP contribution in [0.5, 0.6) is 0 Å². The first-order chi connectivity index (χ1) is 12.2. The van der Waals surface area contributed by atoms with E-state index in [0.29, 0.717) is 31.5 Å². The zero-order valence-electron chi connectivity index (χ0n) is 13.5. The summed E-state index contributed by atoms with van der Waals surface area (Å²) in [5, 5.41) is 8.83. The lowest BCUT2D eigenvalue weighted by Gasteiger charge is -2.30. The first-order valence-corrected chi connectivity index (χ1v) is 8.68. The number of amides is 1. The standard InChI is InChI=1S/C17H17N5O2S/c18-10-13-11-20-17(21-15(13)19)25-14(12-4-2-1-3-5-12)16(23)22-6-8-24-9-7-22/h1-5,11,14H,6-9H2,(H2,19,20,21)/t14-/m0/s1. The van der Waals surface area contributed by atoms with Gasteiger partial charge in [0.05, 0.1) is 19.4 Å². The van der Waals surface area contributed by atoms with E-state index in [1.807, 2.05) is 36.4 Å². The van der Waals surface area contributed by atoms with Crippen molar-refractivity contribution < 1.29 is 9.53 Å². The molecule has 1 aliphatic heterocycles. The molecule has 0 saturated carbocycles. The number of hydrogen-bond donors (Lipinski definition) is 1. The first-order valence-electron chi connectivity index (χ1n) is 7.80. The van der Waals surface area contributed by atoms with Crippen LogP contribution in [0.2, 0.25) is 0 Å². The number of rotatable bonds is 4. The van der Waals surface area contributed by atoms with Gasteiger partial charge < -0.3 is 15.4 Å². The molecule has 1 aromatic heterocycles. The quantitative estimate of drug-likeness (QED) is 0.656. The lowest BCUT2D eigenvalue weighted by atomic mass is 10.1. The fourth-order valence-corrected chi connectivity index (χ4v) is 3.48. The van der Waals surface area contributed by atoms with Crippen LogP contribution in [0.1, 0.15) is 16.4 Å². The molecule has 1 amide bonds. The number of nitriles is 1. The van der Waals surface area contributed by atoms with Gasteiger partial charge in [-0.2, -0.15) is 5.26 Å². The minimum atomic E-state index is -0.480. The highest BCUT2D eigenvalue weighted by atomic mass is 32.2. The molecule has 25 heavy (non-hydrogen) atoms. The SMILES string of the molecule is N#Cc1cnc(S[C@H](C(=O)N2CCOCC2)c2ccccc2)nc1N. The number of benzene rings is 1. The third-order valence-electron chi connectivity index (χ3n) is 3.79. The Morgan fingerprint density at radius 1 is 1.32 bits per heavy atom. The van der Waals surface area contributed by atoms with E-state index in [0.717, 1.165) is 5.56 Å². The number of hydrogen-bond acceptors (Lipinski definition) is 7. The molecule has 0 bridgehead atoms. The van der Waals surface area contributed by atoms with Crippen molar-refractivity contribution in [3.05, 3.63) is 47.7 Å². The molecule has 2 N–H and O–H groups in total. The van der Waals surface area contributed by atoms with Crippen LogP contribution in [0.25, 0.3) is 0 Å². The third kappa shape index (κ3) is 4.07. The van der Waals surface area contributed by atoms with E-state index in [-0.39, 0.29) is 17.3 Å². The second-order valence-corrected chi connectivity index (χ2v) is 6.48. The number of aromatic nitrogens is 2. The highest BCUT2D eigenvalue weighted by Gasteiger charge is 2.29. The minimum absolute atomic E-state index is 0.00830. The number of nitrogen functional groups attached to an aromatic ring is 1. The van der Waals surface area contributed by atoms with E-state index < -0.39 is 5.25 Å². The van der Waals surface area contributed by atoms with Crippen molar-refractivity contribution >= 4 is 23.5 Å². The molecule has 1 saturated heterocycles. The maximum Gasteiger partial charge on any atom is 0.240 e. The Morgan fingerprint density at radius 3 is 2.68 bits per heavy atom. The average molecular weight is 355 g/mol. The second-order valence-electron chi connectivity index (χ2n) is 5.41. The summed E-state index contributed by atoms with van der Waals surface area (Å²) in [5.74, 6) is 0.108. The topological polar surface area (TPSA) is 105 Å². The maximum absolute atomic E-state index is 13.0. The number of thioether (sulfide) groups is 1. The zero-order valence-corrected chi connectivity index (χ0v) is 14.3. The molecule has 2 heterocycles. The number of carbonyl (C=O) groups excluding carboxylic acids is 1. The van der Waals surface area contributed by atoms with Crippen LogP contribution in [-0.2, 0) is 9.53 Å². The molecule has 0 aliphatic carbocycles. The highest BCUT2D eigenvalue weighted by molar-refractivity contribution is 8.00. The predicted octanol–water partition coefficient (Wildman–Crippen LogP) is 1.62. The Morgan fingerprint density at radius 2 is 2.04 bits per heavy atom. The van der Waals surface area contributed by atoms with Crippen molar-refractivity contribution in [1.82, 2.24) is 14.9 Å². The normalized spacial score (nSPS) is 15.4. The van der Waals surface area contributed by atoms with E-state index >= 15 is 0 Å². The van der Waals surface area contributed by atoms with Crippen LogP contribution in [0.3, 0.4) is 0 Å². The highest BCUT2D eigenvalue weighted by Crippen LogP contribution is 2.35. The molecule has 0 unspecified atom stereocenters. The monoisotopic (exact) mass is 355 g/mol. The number of morpholine rings is 1. The molecule has 0 spiro atoms. The lowest BCUT2D eigenvalue weighted by Crippen LogP contribution is -2.42. The van der Waals surface area contributed by atoms with E-state index in [1.54, 1.807) is 4.90 Å². The van der Waals surface area contributed by atoms with Crippen LogP contribution in [-0.4, -0.2) is 47.1 Å². The lowest BCUT2D eigenvalue weighted by molar-refractivity contribution is -0.134.